The molecule has 13 heavy (non-hydrogen) atoms. The molecule has 2 aliphatic heterocycles. The van der Waals surface area contributed by atoms with Gasteiger partial charge < -0.3 is 9.84 Å². The molecule has 0 saturated carbocycles. The van der Waals surface area contributed by atoms with E-state index in [9.17, 15) is 5.11 Å². The Morgan fingerprint density at radius 2 is 2.31 bits per heavy atom. The van der Waals surface area contributed by atoms with Gasteiger partial charge in [-0.15, -0.1) is 0 Å². The van der Waals surface area contributed by atoms with E-state index in [4.69, 9.17) is 9.57 Å². The highest BCUT2D eigenvalue weighted by molar-refractivity contribution is 4.74. The molecule has 0 aromatic heterocycles. The van der Waals surface area contributed by atoms with Gasteiger partial charge in [0.2, 0.25) is 0 Å². The van der Waals surface area contributed by atoms with Gasteiger partial charge in [-0.05, 0) is 19.8 Å². The van der Waals surface area contributed by atoms with Gasteiger partial charge in [-0.3, -0.25) is 4.84 Å². The molecule has 4 nitrogen and oxygen atoms in total. The SMILES string of the molecule is CC1CCC(CN2C[C@@H](O)CO2)O1. The van der Waals surface area contributed by atoms with Crippen molar-refractivity contribution in [2.75, 3.05) is 19.7 Å². The van der Waals surface area contributed by atoms with Gasteiger partial charge in [-0.1, -0.05) is 0 Å². The first-order valence-corrected chi connectivity index (χ1v) is 4.95. The van der Waals surface area contributed by atoms with Crippen LogP contribution in [0.5, 0.6) is 0 Å². The van der Waals surface area contributed by atoms with Crippen molar-refractivity contribution in [2.24, 2.45) is 0 Å². The van der Waals surface area contributed by atoms with Crippen LogP contribution in [-0.2, 0) is 9.57 Å². The zero-order valence-electron chi connectivity index (χ0n) is 7.98. The molecule has 3 atom stereocenters. The maximum Gasteiger partial charge on any atom is 0.0958 e. The number of hydrogen-bond donors (Lipinski definition) is 1. The smallest absolute Gasteiger partial charge is 0.0958 e. The van der Waals surface area contributed by atoms with E-state index in [2.05, 4.69) is 6.92 Å². The van der Waals surface area contributed by atoms with Gasteiger partial charge in [-0.2, -0.15) is 5.06 Å². The minimum Gasteiger partial charge on any atom is -0.389 e. The molecule has 0 aromatic rings. The van der Waals surface area contributed by atoms with Crippen LogP contribution in [0.3, 0.4) is 0 Å². The summed E-state index contributed by atoms with van der Waals surface area (Å²) >= 11 is 0. The second kappa shape index (κ2) is 3.92. The van der Waals surface area contributed by atoms with Crippen molar-refractivity contribution in [3.05, 3.63) is 0 Å². The summed E-state index contributed by atoms with van der Waals surface area (Å²) < 4.78 is 5.66. The van der Waals surface area contributed by atoms with Crippen LogP contribution in [-0.4, -0.2) is 48.2 Å². The highest BCUT2D eigenvalue weighted by Crippen LogP contribution is 2.20. The Hall–Kier alpha value is -0.160. The van der Waals surface area contributed by atoms with Crippen LogP contribution in [0.1, 0.15) is 19.8 Å². The van der Waals surface area contributed by atoms with E-state index >= 15 is 0 Å². The Balaban J connectivity index is 1.72. The minimum atomic E-state index is -0.321. The normalized spacial score (nSPS) is 41.5. The van der Waals surface area contributed by atoms with E-state index in [1.54, 1.807) is 0 Å². The average molecular weight is 187 g/mol. The highest BCUT2D eigenvalue weighted by Gasteiger charge is 2.28. The summed E-state index contributed by atoms with van der Waals surface area (Å²) in [5.41, 5.74) is 0. The second-order valence-corrected chi connectivity index (χ2v) is 3.94. The lowest BCUT2D eigenvalue weighted by Gasteiger charge is -2.18. The quantitative estimate of drug-likeness (QED) is 0.668. The van der Waals surface area contributed by atoms with Gasteiger partial charge >= 0.3 is 0 Å². The Labute approximate surface area is 78.4 Å². The van der Waals surface area contributed by atoms with E-state index < -0.39 is 0 Å². The number of β-amino-alcohol motifs (C(OH)–C–C–N with tert-alkyl or cyclic N) is 1. The third-order valence-electron chi connectivity index (χ3n) is 2.59. The fraction of sp³-hybridized carbons (Fsp3) is 1.00. The van der Waals surface area contributed by atoms with Crippen molar-refractivity contribution in [3.63, 3.8) is 0 Å². The Morgan fingerprint density at radius 1 is 1.46 bits per heavy atom. The van der Waals surface area contributed by atoms with Crippen LogP contribution in [0.15, 0.2) is 0 Å². The third-order valence-corrected chi connectivity index (χ3v) is 2.59. The number of ether oxygens (including phenoxy) is 1. The van der Waals surface area contributed by atoms with E-state index in [0.717, 1.165) is 19.4 Å². The lowest BCUT2D eigenvalue weighted by Crippen LogP contribution is -2.30. The van der Waals surface area contributed by atoms with Crippen molar-refractivity contribution in [1.82, 2.24) is 5.06 Å². The number of aliphatic hydroxyl groups is 1. The summed E-state index contributed by atoms with van der Waals surface area (Å²) in [7, 11) is 0. The Kier molecular flexibility index (Phi) is 2.83. The molecule has 4 heteroatoms. The molecule has 2 heterocycles. The first-order valence-electron chi connectivity index (χ1n) is 4.95. The van der Waals surface area contributed by atoms with Crippen molar-refractivity contribution in [3.8, 4) is 0 Å². The van der Waals surface area contributed by atoms with Crippen LogP contribution < -0.4 is 0 Å². The molecule has 2 saturated heterocycles. The maximum atomic E-state index is 9.22. The molecule has 0 spiro atoms. The molecule has 0 bridgehead atoms. The number of hydrogen-bond acceptors (Lipinski definition) is 4. The lowest BCUT2D eigenvalue weighted by molar-refractivity contribution is -0.133. The van der Waals surface area contributed by atoms with Crippen LogP contribution in [0.4, 0.5) is 0 Å². The van der Waals surface area contributed by atoms with Gasteiger partial charge in [0, 0.05) is 0 Å². The van der Waals surface area contributed by atoms with Crippen LogP contribution >= 0.6 is 0 Å². The molecule has 0 amide bonds. The average Bonchev–Trinajstić information content (AvgIpc) is 2.62. The summed E-state index contributed by atoms with van der Waals surface area (Å²) in [6, 6.07) is 0. The number of hydroxylamine groups is 2. The van der Waals surface area contributed by atoms with Gasteiger partial charge in [-0.25, -0.2) is 0 Å². The highest BCUT2D eigenvalue weighted by atomic mass is 16.7. The van der Waals surface area contributed by atoms with Gasteiger partial charge in [0.15, 0.2) is 0 Å². The van der Waals surface area contributed by atoms with Crippen molar-refractivity contribution < 1.29 is 14.7 Å². The molecule has 2 unspecified atom stereocenters. The standard InChI is InChI=1S/C9H17NO3/c1-7-2-3-9(13-7)5-10-4-8(11)6-12-10/h7-9,11H,2-6H2,1H3/t7?,8-,9?/m1/s1. The summed E-state index contributed by atoms with van der Waals surface area (Å²) in [6.07, 6.45) is 2.61. The van der Waals surface area contributed by atoms with E-state index in [-0.39, 0.29) is 6.10 Å². The summed E-state index contributed by atoms with van der Waals surface area (Å²) in [5, 5.41) is 11.0. The van der Waals surface area contributed by atoms with E-state index in [0.29, 0.717) is 25.4 Å². The number of nitrogens with zero attached hydrogens (tertiary/aromatic N) is 1. The number of rotatable bonds is 2. The number of aliphatic hydroxyl groups excluding tert-OH is 1. The lowest BCUT2D eigenvalue weighted by atomic mass is 10.2. The first kappa shape index (κ1) is 9.40. The fourth-order valence-corrected chi connectivity index (χ4v) is 1.91. The zero-order chi connectivity index (χ0) is 9.26. The van der Waals surface area contributed by atoms with Crippen molar-refractivity contribution in [1.29, 1.82) is 0 Å². The molecule has 0 radical (unpaired) electrons. The van der Waals surface area contributed by atoms with Crippen molar-refractivity contribution in [2.45, 2.75) is 38.1 Å². The molecule has 0 aromatic carbocycles. The molecular weight excluding hydrogens is 170 g/mol. The summed E-state index contributed by atoms with van der Waals surface area (Å²) in [5.74, 6) is 0. The molecule has 2 fully saturated rings. The predicted molar refractivity (Wildman–Crippen MR) is 47.1 cm³/mol. The Bertz CT molecular complexity index is 158. The molecule has 0 aliphatic carbocycles. The third kappa shape index (κ3) is 2.40. The van der Waals surface area contributed by atoms with Crippen molar-refractivity contribution >= 4 is 0 Å². The van der Waals surface area contributed by atoms with Gasteiger partial charge in [0.1, 0.15) is 0 Å². The maximum absolute atomic E-state index is 9.22. The minimum absolute atomic E-state index is 0.292. The second-order valence-electron chi connectivity index (χ2n) is 3.94. The Morgan fingerprint density at radius 3 is 2.85 bits per heavy atom. The van der Waals surface area contributed by atoms with Gasteiger partial charge in [0.25, 0.3) is 0 Å². The topological polar surface area (TPSA) is 41.9 Å². The van der Waals surface area contributed by atoms with Crippen LogP contribution in [0.25, 0.3) is 0 Å². The van der Waals surface area contributed by atoms with Gasteiger partial charge in [0.05, 0.1) is 38.0 Å². The molecule has 2 aliphatic rings. The van der Waals surface area contributed by atoms with Crippen LogP contribution in [0, 0.1) is 0 Å². The zero-order valence-corrected chi connectivity index (χ0v) is 7.98. The molecule has 2 rings (SSSR count). The molecular formula is C9H17NO3. The predicted octanol–water partition coefficient (Wildman–Crippen LogP) is 0.162. The van der Waals surface area contributed by atoms with E-state index in [1.807, 2.05) is 5.06 Å². The fourth-order valence-electron chi connectivity index (χ4n) is 1.91. The summed E-state index contributed by atoms with van der Waals surface area (Å²) in [4.78, 5) is 5.27. The molecule has 76 valence electrons. The monoisotopic (exact) mass is 187 g/mol. The first-order chi connectivity index (χ1) is 6.24. The van der Waals surface area contributed by atoms with Crippen LogP contribution in [0.2, 0.25) is 0 Å². The largest absolute Gasteiger partial charge is 0.389 e. The molecule has 1 N–H and O–H groups in total. The van der Waals surface area contributed by atoms with E-state index in [1.165, 1.54) is 0 Å². The summed E-state index contributed by atoms with van der Waals surface area (Å²) in [6.45, 7) is 3.94.